The van der Waals surface area contributed by atoms with Gasteiger partial charge in [-0.25, -0.2) is 0 Å². The van der Waals surface area contributed by atoms with E-state index in [9.17, 15) is 0 Å². The van der Waals surface area contributed by atoms with Crippen molar-refractivity contribution in [3.8, 4) is 0 Å². The van der Waals surface area contributed by atoms with Gasteiger partial charge in [-0.05, 0) is 18.4 Å². The molecule has 0 spiro atoms. The van der Waals surface area contributed by atoms with E-state index in [1.807, 2.05) is 18.2 Å². The lowest BCUT2D eigenvalue weighted by Gasteiger charge is -2.10. The first kappa shape index (κ1) is 8.05. The lowest BCUT2D eigenvalue weighted by molar-refractivity contribution is 0.957. The summed E-state index contributed by atoms with van der Waals surface area (Å²) >= 11 is 0. The van der Waals surface area contributed by atoms with Gasteiger partial charge >= 0.3 is 0 Å². The Bertz CT molecular complexity index is 350. The third-order valence-corrected chi connectivity index (χ3v) is 2.14. The average molecular weight is 172 g/mol. The van der Waals surface area contributed by atoms with E-state index in [1.54, 1.807) is 6.20 Å². The molecule has 2 heteroatoms. The lowest BCUT2D eigenvalue weighted by atomic mass is 10.0. The summed E-state index contributed by atoms with van der Waals surface area (Å²) in [5.41, 5.74) is 8.84. The number of allylic oxidation sites excluding steroid dienone is 1. The summed E-state index contributed by atoms with van der Waals surface area (Å²) in [7, 11) is 0. The van der Waals surface area contributed by atoms with Crippen molar-refractivity contribution in [1.82, 2.24) is 0 Å². The maximum atomic E-state index is 5.63. The molecule has 0 bridgehead atoms. The van der Waals surface area contributed by atoms with Crippen molar-refractivity contribution in [3.63, 3.8) is 0 Å². The number of rotatable bonds is 1. The van der Waals surface area contributed by atoms with E-state index in [0.29, 0.717) is 0 Å². The fourth-order valence-electron chi connectivity index (χ4n) is 1.40. The molecule has 0 amide bonds. The van der Waals surface area contributed by atoms with Gasteiger partial charge in [0.15, 0.2) is 0 Å². The summed E-state index contributed by atoms with van der Waals surface area (Å²) in [6.45, 7) is 0. The minimum atomic E-state index is 0.875. The summed E-state index contributed by atoms with van der Waals surface area (Å²) in [6.07, 6.45) is 3.63. The van der Waals surface area contributed by atoms with Crippen LogP contribution in [0.25, 0.3) is 0 Å². The molecule has 0 fully saturated rings. The molecule has 1 heterocycles. The maximum absolute atomic E-state index is 5.63. The van der Waals surface area contributed by atoms with Gasteiger partial charge in [0.05, 0.1) is 0 Å². The Balaban J connectivity index is 2.29. The predicted molar refractivity (Wildman–Crippen MR) is 54.5 cm³/mol. The van der Waals surface area contributed by atoms with Gasteiger partial charge in [-0.15, -0.1) is 0 Å². The topological polar surface area (TPSA) is 38.4 Å². The number of hydrogen-bond acceptors (Lipinski definition) is 2. The average Bonchev–Trinajstić information content (AvgIpc) is 2.20. The van der Waals surface area contributed by atoms with Crippen molar-refractivity contribution in [2.75, 3.05) is 0 Å². The highest BCUT2D eigenvalue weighted by atomic mass is 14.8. The van der Waals surface area contributed by atoms with E-state index in [4.69, 9.17) is 5.73 Å². The monoisotopic (exact) mass is 172 g/mol. The van der Waals surface area contributed by atoms with E-state index in [1.165, 1.54) is 5.56 Å². The molecule has 1 aromatic carbocycles. The second-order valence-electron chi connectivity index (χ2n) is 3.15. The molecule has 0 saturated heterocycles. The van der Waals surface area contributed by atoms with Crippen LogP contribution in [0.2, 0.25) is 0 Å². The molecule has 0 atom stereocenters. The fraction of sp³-hybridized carbons (Fsp3) is 0.182. The van der Waals surface area contributed by atoms with Crippen LogP contribution < -0.4 is 5.73 Å². The Kier molecular flexibility index (Phi) is 2.13. The Labute approximate surface area is 77.8 Å². The Morgan fingerprint density at radius 1 is 1.08 bits per heavy atom. The van der Waals surface area contributed by atoms with Gasteiger partial charge in [0.2, 0.25) is 0 Å². The zero-order valence-electron chi connectivity index (χ0n) is 7.40. The van der Waals surface area contributed by atoms with Crippen molar-refractivity contribution >= 4 is 5.71 Å². The molecule has 0 unspecified atom stereocenters. The highest BCUT2D eigenvalue weighted by molar-refractivity contribution is 6.01. The largest absolute Gasteiger partial charge is 0.401 e. The van der Waals surface area contributed by atoms with Gasteiger partial charge in [0.1, 0.15) is 0 Å². The minimum Gasteiger partial charge on any atom is -0.401 e. The van der Waals surface area contributed by atoms with E-state index < -0.39 is 0 Å². The zero-order valence-corrected chi connectivity index (χ0v) is 7.40. The molecule has 0 radical (unpaired) electrons. The van der Waals surface area contributed by atoms with Gasteiger partial charge in [0, 0.05) is 17.6 Å². The summed E-state index contributed by atoms with van der Waals surface area (Å²) in [5.74, 6) is 0. The number of nitrogens with two attached hydrogens (primary N) is 1. The summed E-state index contributed by atoms with van der Waals surface area (Å²) in [6, 6.07) is 10.2. The van der Waals surface area contributed by atoms with E-state index >= 15 is 0 Å². The third-order valence-electron chi connectivity index (χ3n) is 2.14. The van der Waals surface area contributed by atoms with Crippen LogP contribution in [0.3, 0.4) is 0 Å². The van der Waals surface area contributed by atoms with Crippen molar-refractivity contribution < 1.29 is 0 Å². The van der Waals surface area contributed by atoms with Gasteiger partial charge in [-0.1, -0.05) is 30.3 Å². The fourth-order valence-corrected chi connectivity index (χ4v) is 1.40. The molecule has 0 aromatic heterocycles. The molecule has 2 nitrogen and oxygen atoms in total. The summed E-state index contributed by atoms with van der Waals surface area (Å²) in [5, 5.41) is 0. The lowest BCUT2D eigenvalue weighted by Crippen LogP contribution is -2.08. The predicted octanol–water partition coefficient (Wildman–Crippen LogP) is 2.07. The zero-order chi connectivity index (χ0) is 9.10. The molecule has 1 aliphatic heterocycles. The molecule has 66 valence electrons. The van der Waals surface area contributed by atoms with Gasteiger partial charge in [-0.2, -0.15) is 0 Å². The molecule has 1 aliphatic rings. The van der Waals surface area contributed by atoms with Crippen LogP contribution in [-0.2, 0) is 0 Å². The van der Waals surface area contributed by atoms with Crippen LogP contribution in [0.1, 0.15) is 18.4 Å². The third kappa shape index (κ3) is 1.78. The number of nitrogens with zero attached hydrogens (tertiary/aromatic N) is 1. The highest BCUT2D eigenvalue weighted by Gasteiger charge is 2.06. The van der Waals surface area contributed by atoms with Gasteiger partial charge in [-0.3, -0.25) is 4.99 Å². The standard InChI is InChI=1S/C11H12N2/c12-10-6-7-11(13-8-10)9-4-2-1-3-5-9/h1-5,8H,6-7,12H2. The normalized spacial score (nSPS) is 16.3. The first-order chi connectivity index (χ1) is 6.36. The van der Waals surface area contributed by atoms with E-state index in [0.717, 1.165) is 24.3 Å². The van der Waals surface area contributed by atoms with Crippen LogP contribution in [0.4, 0.5) is 0 Å². The number of hydrogen-bond donors (Lipinski definition) is 1. The molecule has 2 N–H and O–H groups in total. The van der Waals surface area contributed by atoms with Crippen LogP contribution in [-0.4, -0.2) is 5.71 Å². The van der Waals surface area contributed by atoms with Crippen LogP contribution in [0.15, 0.2) is 47.2 Å². The van der Waals surface area contributed by atoms with Crippen molar-refractivity contribution in [3.05, 3.63) is 47.8 Å². The van der Waals surface area contributed by atoms with Crippen LogP contribution in [0, 0.1) is 0 Å². The number of benzene rings is 1. The first-order valence-electron chi connectivity index (χ1n) is 4.43. The molecular formula is C11H12N2. The maximum Gasteiger partial charge on any atom is 0.0480 e. The van der Waals surface area contributed by atoms with E-state index in [2.05, 4.69) is 17.1 Å². The quantitative estimate of drug-likeness (QED) is 0.692. The van der Waals surface area contributed by atoms with E-state index in [-0.39, 0.29) is 0 Å². The summed E-state index contributed by atoms with van der Waals surface area (Å²) < 4.78 is 0. The number of aliphatic imine (C=N–C) groups is 1. The Morgan fingerprint density at radius 2 is 1.85 bits per heavy atom. The van der Waals surface area contributed by atoms with Crippen molar-refractivity contribution in [2.45, 2.75) is 12.8 Å². The van der Waals surface area contributed by atoms with Crippen molar-refractivity contribution in [2.24, 2.45) is 10.7 Å². The van der Waals surface area contributed by atoms with Crippen molar-refractivity contribution in [1.29, 1.82) is 0 Å². The molecular weight excluding hydrogens is 160 g/mol. The van der Waals surface area contributed by atoms with Gasteiger partial charge in [0.25, 0.3) is 0 Å². The van der Waals surface area contributed by atoms with Crippen LogP contribution >= 0.6 is 0 Å². The Hall–Kier alpha value is -1.57. The molecule has 0 aliphatic carbocycles. The first-order valence-corrected chi connectivity index (χ1v) is 4.43. The molecule has 1 aromatic rings. The van der Waals surface area contributed by atoms with Crippen LogP contribution in [0.5, 0.6) is 0 Å². The molecule has 13 heavy (non-hydrogen) atoms. The molecule has 0 saturated carbocycles. The minimum absolute atomic E-state index is 0.875. The highest BCUT2D eigenvalue weighted by Crippen LogP contribution is 2.13. The van der Waals surface area contributed by atoms with Gasteiger partial charge < -0.3 is 5.73 Å². The second-order valence-corrected chi connectivity index (χ2v) is 3.15. The second kappa shape index (κ2) is 3.44. The summed E-state index contributed by atoms with van der Waals surface area (Å²) in [4.78, 5) is 4.31. The Morgan fingerprint density at radius 3 is 2.46 bits per heavy atom. The smallest absolute Gasteiger partial charge is 0.0480 e. The molecule has 2 rings (SSSR count). The SMILES string of the molecule is NC1=CN=C(c2ccccc2)CC1.